The zero-order valence-electron chi connectivity index (χ0n) is 39.4. The van der Waals surface area contributed by atoms with Gasteiger partial charge in [-0.15, -0.1) is 6.42 Å². The second-order valence-electron chi connectivity index (χ2n) is 18.6. The first kappa shape index (κ1) is 55.6. The lowest BCUT2D eigenvalue weighted by Gasteiger charge is -2.29. The number of nitrogens with zero attached hydrogens (tertiary/aromatic N) is 1. The number of nitrogens with one attached hydrogen (secondary N) is 1. The van der Waals surface area contributed by atoms with Gasteiger partial charge in [0.25, 0.3) is 10.1 Å². The predicted molar refractivity (Wildman–Crippen MR) is 242 cm³/mol. The van der Waals surface area contributed by atoms with Gasteiger partial charge >= 0.3 is 0 Å². The van der Waals surface area contributed by atoms with Crippen molar-refractivity contribution in [3.63, 3.8) is 0 Å². The first-order chi connectivity index (χ1) is 26.8. The molecule has 1 aliphatic heterocycles. The van der Waals surface area contributed by atoms with Crippen LogP contribution in [0.4, 0.5) is 0 Å². The largest absolute Gasteiger partial charge is 0.490 e. The van der Waals surface area contributed by atoms with Crippen molar-refractivity contribution in [3.05, 3.63) is 70.3 Å². The molecule has 1 saturated heterocycles. The van der Waals surface area contributed by atoms with Crippen LogP contribution in [0, 0.1) is 40.0 Å². The number of hydrogen-bond acceptors (Lipinski definition) is 10. The van der Waals surface area contributed by atoms with Crippen molar-refractivity contribution in [2.45, 2.75) is 152 Å². The molecule has 11 nitrogen and oxygen atoms in total. The number of carbonyl (C=O) groups excluding carboxylic acids is 1. The van der Waals surface area contributed by atoms with Gasteiger partial charge in [-0.05, 0) is 136 Å². The number of rotatable bonds is 14. The van der Waals surface area contributed by atoms with Crippen molar-refractivity contribution in [2.24, 2.45) is 0 Å². The summed E-state index contributed by atoms with van der Waals surface area (Å²) in [4.78, 5) is 13.0. The zero-order valence-corrected chi connectivity index (χ0v) is 40.2. The Labute approximate surface area is 358 Å². The lowest BCUT2D eigenvalue weighted by Crippen LogP contribution is -2.39. The second-order valence-corrected chi connectivity index (χ2v) is 20.1. The molecule has 336 valence electrons. The van der Waals surface area contributed by atoms with Crippen molar-refractivity contribution in [2.75, 3.05) is 45.8 Å². The summed E-state index contributed by atoms with van der Waals surface area (Å²) in [6.45, 7) is 38.8. The molecule has 1 aliphatic rings. The number of hydrogen-bond donors (Lipinski definition) is 3. The lowest BCUT2D eigenvalue weighted by molar-refractivity contribution is -0.117. The summed E-state index contributed by atoms with van der Waals surface area (Å²) in [6, 6.07) is 8.64. The number of terminal acetylenes is 1. The summed E-state index contributed by atoms with van der Waals surface area (Å²) in [5.74, 6) is 3.88. The van der Waals surface area contributed by atoms with Crippen LogP contribution in [0.2, 0.25) is 0 Å². The Kier molecular flexibility index (Phi) is 22.7. The van der Waals surface area contributed by atoms with E-state index in [9.17, 15) is 23.4 Å². The molecule has 1 heterocycles. The monoisotopic (exact) mass is 847 g/mol. The van der Waals surface area contributed by atoms with E-state index in [0.29, 0.717) is 18.6 Å². The lowest BCUT2D eigenvalue weighted by atomic mass is 9.76. The molecule has 12 heteroatoms. The summed E-state index contributed by atoms with van der Waals surface area (Å²) >= 11 is 0. The Balaban J connectivity index is 0.00000108. The van der Waals surface area contributed by atoms with Crippen molar-refractivity contribution in [1.82, 2.24) is 10.2 Å². The molecular formula is C47H78N2O9S. The quantitative estimate of drug-likeness (QED) is 0.0569. The second kappa shape index (κ2) is 24.1. The topological polar surface area (TPSA) is 144 Å². The molecule has 1 amide bonds. The Morgan fingerprint density at radius 3 is 1.47 bits per heavy atom. The van der Waals surface area contributed by atoms with Crippen molar-refractivity contribution >= 4 is 16.0 Å². The normalized spacial score (nSPS) is 14.1. The Bertz CT molecular complexity index is 1730. The molecule has 0 radical (unpaired) electrons. The summed E-state index contributed by atoms with van der Waals surface area (Å²) in [7, 11) is -3.28. The van der Waals surface area contributed by atoms with E-state index in [-0.39, 0.29) is 36.7 Å². The van der Waals surface area contributed by atoms with Crippen molar-refractivity contribution in [3.8, 4) is 23.8 Å². The maximum Gasteiger partial charge on any atom is 0.264 e. The van der Waals surface area contributed by atoms with E-state index in [0.717, 1.165) is 40.0 Å². The van der Waals surface area contributed by atoms with Gasteiger partial charge in [-0.3, -0.25) is 13.9 Å². The Morgan fingerprint density at radius 2 is 1.24 bits per heavy atom. The third-order valence-electron chi connectivity index (χ3n) is 8.65. The molecule has 0 spiro atoms. The van der Waals surface area contributed by atoms with E-state index < -0.39 is 27.9 Å². The highest BCUT2D eigenvalue weighted by Gasteiger charge is 2.29. The third kappa shape index (κ3) is 23.8. The van der Waals surface area contributed by atoms with Gasteiger partial charge in [0.15, 0.2) is 0 Å². The number of amides is 1. The van der Waals surface area contributed by atoms with Gasteiger partial charge in [-0.2, -0.15) is 8.42 Å². The highest BCUT2D eigenvalue weighted by atomic mass is 32.2. The predicted octanol–water partition coefficient (Wildman–Crippen LogP) is 7.73. The average Bonchev–Trinajstić information content (AvgIpc) is 3.92. The fourth-order valence-corrected chi connectivity index (χ4v) is 6.53. The maximum atomic E-state index is 10.6. The molecule has 0 saturated carbocycles. The number of ether oxygens (including phenoxy) is 3. The third-order valence-corrected chi connectivity index (χ3v) is 9.45. The molecule has 2 aromatic rings. The minimum atomic E-state index is -3.28. The van der Waals surface area contributed by atoms with Gasteiger partial charge < -0.3 is 29.7 Å². The van der Waals surface area contributed by atoms with Crippen LogP contribution in [0.15, 0.2) is 36.9 Å². The minimum Gasteiger partial charge on any atom is -0.490 e. The molecule has 2 atom stereocenters. The Morgan fingerprint density at radius 1 is 0.831 bits per heavy atom. The van der Waals surface area contributed by atoms with Crippen LogP contribution in [0.25, 0.3) is 0 Å². The molecule has 0 aliphatic carbocycles. The van der Waals surface area contributed by atoms with Gasteiger partial charge in [0.05, 0.1) is 24.6 Å². The van der Waals surface area contributed by atoms with Crippen molar-refractivity contribution in [1.29, 1.82) is 0 Å². The molecular weight excluding hydrogens is 769 g/mol. The van der Waals surface area contributed by atoms with Crippen LogP contribution in [0.3, 0.4) is 0 Å². The maximum absolute atomic E-state index is 10.6. The first-order valence-corrected chi connectivity index (χ1v) is 22.1. The molecule has 2 aromatic carbocycles. The Hall–Kier alpha value is -3.44. The van der Waals surface area contributed by atoms with Crippen LogP contribution < -0.4 is 14.8 Å². The van der Waals surface area contributed by atoms with Crippen LogP contribution in [-0.4, -0.2) is 104 Å². The van der Waals surface area contributed by atoms with Crippen LogP contribution in [0.5, 0.6) is 11.5 Å². The van der Waals surface area contributed by atoms with Crippen molar-refractivity contribution < 1.29 is 41.8 Å². The van der Waals surface area contributed by atoms with Gasteiger partial charge in [0.2, 0.25) is 5.91 Å². The van der Waals surface area contributed by atoms with Crippen LogP contribution >= 0.6 is 0 Å². The van der Waals surface area contributed by atoms with Gasteiger partial charge in [-0.1, -0.05) is 57.5 Å². The van der Waals surface area contributed by atoms with Crippen LogP contribution in [-0.2, 0) is 29.2 Å². The minimum absolute atomic E-state index is 0.123. The highest BCUT2D eigenvalue weighted by Crippen LogP contribution is 2.38. The van der Waals surface area contributed by atoms with E-state index in [1.807, 2.05) is 55.4 Å². The summed E-state index contributed by atoms with van der Waals surface area (Å²) < 4.78 is 42.5. The standard InChI is InChI=1S/C29H40O5.C7H13NO.C6H13N.C5H12O3S/c1-9-11-32-16-26(31)18-34-28-21(5)14-24(15-22(28)6)29(7,8)23-12-19(3)27(20(4)13-23)33-17-25(30)10-2;1-5-6(9)8-7(2,3)4;1-6(2,3)7-4-5-7;1-5(2,3)8-9(4,6)7/h1,12-15,25-26,30-31H,10-11,16-18H2,2-8H3;5H,1H2,2-4H3,(H,8,9);4-5H2,1-3H3;1-4H3. The van der Waals surface area contributed by atoms with Gasteiger partial charge in [-0.25, -0.2) is 0 Å². The number of aliphatic hydroxyl groups excluding tert-OH is 2. The molecule has 59 heavy (non-hydrogen) atoms. The molecule has 2 unspecified atom stereocenters. The molecule has 3 rings (SSSR count). The summed E-state index contributed by atoms with van der Waals surface area (Å²) in [5.41, 5.74) is 5.97. The SMILES string of the molecule is C#CCOCC(O)COc1c(C)cc(C(C)(C)c2cc(C)c(OCC(O)CC)c(C)c2)cc1C.C=CC(=O)NC(C)(C)C.CC(C)(C)N1CC1.CC(C)(C)OS(C)(=O)=O. The van der Waals surface area contributed by atoms with Gasteiger partial charge in [0.1, 0.15) is 37.4 Å². The van der Waals surface area contributed by atoms with E-state index in [2.05, 4.69) is 85.8 Å². The van der Waals surface area contributed by atoms with E-state index >= 15 is 0 Å². The average molecular weight is 847 g/mol. The molecule has 0 bridgehead atoms. The number of aryl methyl sites for hydroxylation is 4. The fraction of sp³-hybridized carbons (Fsp3) is 0.638. The number of benzene rings is 2. The van der Waals surface area contributed by atoms with E-state index in [1.165, 1.54) is 30.3 Å². The molecule has 0 aromatic heterocycles. The smallest absolute Gasteiger partial charge is 0.264 e. The van der Waals surface area contributed by atoms with Gasteiger partial charge in [0, 0.05) is 29.6 Å². The van der Waals surface area contributed by atoms with E-state index in [1.54, 1.807) is 20.8 Å². The number of aliphatic hydroxyl groups is 2. The van der Waals surface area contributed by atoms with E-state index in [4.69, 9.17) is 20.6 Å². The summed E-state index contributed by atoms with van der Waals surface area (Å²) in [5, 5.41) is 22.6. The molecule has 1 fully saturated rings. The zero-order chi connectivity index (χ0) is 46.2. The fourth-order valence-electron chi connectivity index (χ4n) is 5.62. The molecule has 3 N–H and O–H groups in total. The first-order valence-electron chi connectivity index (χ1n) is 20.2. The van der Waals surface area contributed by atoms with Crippen LogP contribution in [0.1, 0.15) is 123 Å². The summed E-state index contributed by atoms with van der Waals surface area (Å²) in [6.07, 6.45) is 6.93. The highest BCUT2D eigenvalue weighted by molar-refractivity contribution is 7.86. The number of carbonyl (C=O) groups is 1.